The number of anilines is 1. The molecule has 0 aliphatic rings. The van der Waals surface area contributed by atoms with E-state index in [-0.39, 0.29) is 12.7 Å². The van der Waals surface area contributed by atoms with E-state index in [2.05, 4.69) is 18.7 Å². The summed E-state index contributed by atoms with van der Waals surface area (Å²) in [6.45, 7) is 7.14. The highest BCUT2D eigenvalue weighted by Gasteiger charge is 2.15. The van der Waals surface area contributed by atoms with Crippen LogP contribution >= 0.6 is 0 Å². The van der Waals surface area contributed by atoms with Gasteiger partial charge in [-0.25, -0.2) is 0 Å². The van der Waals surface area contributed by atoms with Gasteiger partial charge >= 0.3 is 0 Å². The summed E-state index contributed by atoms with van der Waals surface area (Å²) in [5, 5.41) is 19.0. The van der Waals surface area contributed by atoms with Crippen LogP contribution in [0.3, 0.4) is 0 Å². The summed E-state index contributed by atoms with van der Waals surface area (Å²) < 4.78 is 0. The molecule has 1 atom stereocenters. The van der Waals surface area contributed by atoms with Crippen LogP contribution in [0, 0.1) is 0 Å². The SMILES string of the molecule is CCC(CC)N(CCO)c1ccc([C@H](O)CC)cc1. The molecule has 1 aromatic rings. The van der Waals surface area contributed by atoms with Crippen LogP contribution in [0.25, 0.3) is 0 Å². The van der Waals surface area contributed by atoms with Crippen molar-refractivity contribution in [1.82, 2.24) is 0 Å². The number of aliphatic hydroxyl groups is 2. The molecule has 1 aromatic carbocycles. The molecule has 108 valence electrons. The van der Waals surface area contributed by atoms with Crippen molar-refractivity contribution in [3.63, 3.8) is 0 Å². The lowest BCUT2D eigenvalue weighted by Crippen LogP contribution is -2.36. The quantitative estimate of drug-likeness (QED) is 0.759. The zero-order valence-corrected chi connectivity index (χ0v) is 12.3. The molecule has 0 aromatic heterocycles. The minimum Gasteiger partial charge on any atom is -0.395 e. The van der Waals surface area contributed by atoms with Gasteiger partial charge in [0.15, 0.2) is 0 Å². The Morgan fingerprint density at radius 2 is 1.58 bits per heavy atom. The second-order valence-electron chi connectivity index (χ2n) is 4.90. The third-order valence-electron chi connectivity index (χ3n) is 3.72. The highest BCUT2D eigenvalue weighted by atomic mass is 16.3. The van der Waals surface area contributed by atoms with Gasteiger partial charge in [0.2, 0.25) is 0 Å². The normalized spacial score (nSPS) is 12.7. The lowest BCUT2D eigenvalue weighted by atomic mass is 10.0. The Balaban J connectivity index is 2.90. The van der Waals surface area contributed by atoms with Crippen molar-refractivity contribution in [3.05, 3.63) is 29.8 Å². The van der Waals surface area contributed by atoms with Crippen LogP contribution in [0.15, 0.2) is 24.3 Å². The van der Waals surface area contributed by atoms with Gasteiger partial charge in [-0.2, -0.15) is 0 Å². The van der Waals surface area contributed by atoms with Gasteiger partial charge in [0.25, 0.3) is 0 Å². The van der Waals surface area contributed by atoms with Crippen LogP contribution in [0.1, 0.15) is 51.7 Å². The number of benzene rings is 1. The molecule has 0 bridgehead atoms. The van der Waals surface area contributed by atoms with E-state index in [9.17, 15) is 10.2 Å². The molecule has 0 heterocycles. The molecule has 0 saturated heterocycles. The first kappa shape index (κ1) is 16.0. The van der Waals surface area contributed by atoms with E-state index < -0.39 is 0 Å². The van der Waals surface area contributed by atoms with Crippen molar-refractivity contribution in [3.8, 4) is 0 Å². The Kier molecular flexibility index (Phi) is 6.89. The van der Waals surface area contributed by atoms with Crippen molar-refractivity contribution in [1.29, 1.82) is 0 Å². The number of aliphatic hydroxyl groups excluding tert-OH is 2. The third-order valence-corrected chi connectivity index (χ3v) is 3.72. The predicted molar refractivity (Wildman–Crippen MR) is 80.5 cm³/mol. The van der Waals surface area contributed by atoms with E-state index in [0.29, 0.717) is 12.6 Å². The minimum absolute atomic E-state index is 0.163. The molecular formula is C16H27NO2. The van der Waals surface area contributed by atoms with Crippen molar-refractivity contribution >= 4 is 5.69 Å². The Morgan fingerprint density at radius 3 is 2.00 bits per heavy atom. The highest BCUT2D eigenvalue weighted by Crippen LogP contribution is 2.24. The molecule has 1 rings (SSSR count). The summed E-state index contributed by atoms with van der Waals surface area (Å²) in [5.74, 6) is 0. The first-order chi connectivity index (χ1) is 9.17. The maximum absolute atomic E-state index is 9.81. The summed E-state index contributed by atoms with van der Waals surface area (Å²) >= 11 is 0. The summed E-state index contributed by atoms with van der Waals surface area (Å²) in [6, 6.07) is 8.51. The number of rotatable bonds is 8. The average molecular weight is 265 g/mol. The molecule has 3 nitrogen and oxygen atoms in total. The first-order valence-electron chi connectivity index (χ1n) is 7.33. The second kappa shape index (κ2) is 8.18. The van der Waals surface area contributed by atoms with Crippen LogP contribution in [0.2, 0.25) is 0 Å². The summed E-state index contributed by atoms with van der Waals surface area (Å²) in [5.41, 5.74) is 2.08. The Morgan fingerprint density at radius 1 is 1.00 bits per heavy atom. The molecule has 0 aliphatic carbocycles. The molecular weight excluding hydrogens is 238 g/mol. The zero-order valence-electron chi connectivity index (χ0n) is 12.3. The molecule has 0 fully saturated rings. The fourth-order valence-corrected chi connectivity index (χ4v) is 2.48. The molecule has 0 radical (unpaired) electrons. The molecule has 0 amide bonds. The maximum Gasteiger partial charge on any atom is 0.0787 e. The zero-order chi connectivity index (χ0) is 14.3. The van der Waals surface area contributed by atoms with Crippen molar-refractivity contribution < 1.29 is 10.2 Å². The average Bonchev–Trinajstić information content (AvgIpc) is 2.47. The third kappa shape index (κ3) is 4.22. The molecule has 3 heteroatoms. The van der Waals surface area contributed by atoms with Gasteiger partial charge in [-0.1, -0.05) is 32.9 Å². The molecule has 0 spiro atoms. The van der Waals surface area contributed by atoms with Crippen molar-refractivity contribution in [2.45, 2.75) is 52.2 Å². The maximum atomic E-state index is 9.81. The van der Waals surface area contributed by atoms with Gasteiger partial charge in [-0.05, 0) is 37.0 Å². The largest absolute Gasteiger partial charge is 0.395 e. The van der Waals surface area contributed by atoms with Gasteiger partial charge in [-0.3, -0.25) is 0 Å². The standard InChI is InChI=1S/C16H27NO2/c1-4-14(5-2)17(11-12-18)15-9-7-13(8-10-15)16(19)6-3/h7-10,14,16,18-19H,4-6,11-12H2,1-3H3/t16-/m1/s1. The predicted octanol–water partition coefficient (Wildman–Crippen LogP) is 3.12. The van der Waals surface area contributed by atoms with Gasteiger partial charge < -0.3 is 15.1 Å². The van der Waals surface area contributed by atoms with Crippen molar-refractivity contribution in [2.24, 2.45) is 0 Å². The van der Waals surface area contributed by atoms with Gasteiger partial charge in [0.05, 0.1) is 12.7 Å². The van der Waals surface area contributed by atoms with Crippen LogP contribution in [0.4, 0.5) is 5.69 Å². The van der Waals surface area contributed by atoms with Crippen molar-refractivity contribution in [2.75, 3.05) is 18.1 Å². The summed E-state index contributed by atoms with van der Waals surface area (Å²) in [7, 11) is 0. The molecule has 0 aliphatic heterocycles. The van der Waals surface area contributed by atoms with Crippen LogP contribution in [-0.4, -0.2) is 29.4 Å². The van der Waals surface area contributed by atoms with Gasteiger partial charge in [-0.15, -0.1) is 0 Å². The lowest BCUT2D eigenvalue weighted by Gasteiger charge is -2.32. The fraction of sp³-hybridized carbons (Fsp3) is 0.625. The van der Waals surface area contributed by atoms with E-state index in [0.717, 1.165) is 30.5 Å². The lowest BCUT2D eigenvalue weighted by molar-refractivity contribution is 0.173. The van der Waals surface area contributed by atoms with E-state index >= 15 is 0 Å². The van der Waals surface area contributed by atoms with Crippen LogP contribution in [0.5, 0.6) is 0 Å². The van der Waals surface area contributed by atoms with E-state index in [1.807, 2.05) is 31.2 Å². The minimum atomic E-state index is -0.381. The smallest absolute Gasteiger partial charge is 0.0787 e. The molecule has 2 N–H and O–H groups in total. The number of hydrogen-bond donors (Lipinski definition) is 2. The van der Waals surface area contributed by atoms with E-state index in [1.54, 1.807) is 0 Å². The number of nitrogens with zero attached hydrogens (tertiary/aromatic N) is 1. The van der Waals surface area contributed by atoms with Gasteiger partial charge in [0, 0.05) is 18.3 Å². The van der Waals surface area contributed by atoms with Crippen LogP contribution < -0.4 is 4.90 Å². The van der Waals surface area contributed by atoms with E-state index in [1.165, 1.54) is 0 Å². The monoisotopic (exact) mass is 265 g/mol. The molecule has 19 heavy (non-hydrogen) atoms. The Hall–Kier alpha value is -1.06. The first-order valence-corrected chi connectivity index (χ1v) is 7.33. The fourth-order valence-electron chi connectivity index (χ4n) is 2.48. The Bertz CT molecular complexity index is 346. The summed E-state index contributed by atoms with van der Waals surface area (Å²) in [6.07, 6.45) is 2.48. The molecule has 0 saturated carbocycles. The van der Waals surface area contributed by atoms with Gasteiger partial charge in [0.1, 0.15) is 0 Å². The molecule has 0 unspecified atom stereocenters. The highest BCUT2D eigenvalue weighted by molar-refractivity contribution is 5.49. The van der Waals surface area contributed by atoms with E-state index in [4.69, 9.17) is 0 Å². The number of hydrogen-bond acceptors (Lipinski definition) is 3. The Labute approximate surface area is 116 Å². The summed E-state index contributed by atoms with van der Waals surface area (Å²) in [4.78, 5) is 2.25. The second-order valence-corrected chi connectivity index (χ2v) is 4.90. The van der Waals surface area contributed by atoms with Crippen LogP contribution in [-0.2, 0) is 0 Å². The topological polar surface area (TPSA) is 43.7 Å².